The molecule has 0 amide bonds. The van der Waals surface area contributed by atoms with Crippen molar-refractivity contribution in [2.75, 3.05) is 7.11 Å². The van der Waals surface area contributed by atoms with Crippen molar-refractivity contribution in [1.29, 1.82) is 0 Å². The first kappa shape index (κ1) is 16.8. The van der Waals surface area contributed by atoms with Gasteiger partial charge in [0.1, 0.15) is 18.1 Å². The van der Waals surface area contributed by atoms with Crippen molar-refractivity contribution in [2.45, 2.75) is 52.9 Å². The molecular formula is C21H26O3. The topological polar surface area (TPSA) is 27.7 Å². The summed E-state index contributed by atoms with van der Waals surface area (Å²) in [5.41, 5.74) is 5.89. The molecule has 24 heavy (non-hydrogen) atoms. The summed E-state index contributed by atoms with van der Waals surface area (Å²) in [6.07, 6.45) is 1.78. The Hall–Kier alpha value is -2.00. The van der Waals surface area contributed by atoms with Crippen LogP contribution in [0.25, 0.3) is 0 Å². The number of benzene rings is 2. The van der Waals surface area contributed by atoms with Crippen LogP contribution in [0.4, 0.5) is 0 Å². The molecule has 0 aliphatic carbocycles. The van der Waals surface area contributed by atoms with Crippen LogP contribution in [-0.4, -0.2) is 12.9 Å². The molecule has 0 saturated heterocycles. The van der Waals surface area contributed by atoms with Crippen molar-refractivity contribution in [3.8, 4) is 11.5 Å². The summed E-state index contributed by atoms with van der Waals surface area (Å²) in [7, 11) is 1.71. The van der Waals surface area contributed by atoms with Crippen LogP contribution in [0.15, 0.2) is 30.3 Å². The minimum Gasteiger partial charge on any atom is -0.488 e. The highest BCUT2D eigenvalue weighted by atomic mass is 16.7. The predicted molar refractivity (Wildman–Crippen MR) is 95.8 cm³/mol. The van der Waals surface area contributed by atoms with E-state index in [1.54, 1.807) is 7.11 Å². The van der Waals surface area contributed by atoms with E-state index < -0.39 is 5.79 Å². The van der Waals surface area contributed by atoms with Gasteiger partial charge < -0.3 is 14.2 Å². The normalized spacial score (nSPS) is 19.5. The van der Waals surface area contributed by atoms with Crippen molar-refractivity contribution in [1.82, 2.24) is 0 Å². The molecule has 3 heteroatoms. The molecule has 128 valence electrons. The van der Waals surface area contributed by atoms with Crippen molar-refractivity contribution >= 4 is 0 Å². The Kier molecular flexibility index (Phi) is 4.55. The fourth-order valence-electron chi connectivity index (χ4n) is 3.30. The van der Waals surface area contributed by atoms with Gasteiger partial charge in [0.2, 0.25) is 5.79 Å². The molecule has 2 aromatic carbocycles. The SMILES string of the molecule is COC1(C)CCc2c(C)c(OCc3ccccc3)c(C)c(C)c2O1. The van der Waals surface area contributed by atoms with Crippen molar-refractivity contribution in [3.63, 3.8) is 0 Å². The molecule has 0 saturated carbocycles. The molecule has 3 nitrogen and oxygen atoms in total. The summed E-state index contributed by atoms with van der Waals surface area (Å²) in [6.45, 7) is 8.91. The minimum atomic E-state index is -0.539. The third kappa shape index (κ3) is 3.01. The van der Waals surface area contributed by atoms with Gasteiger partial charge in [-0.05, 0) is 49.4 Å². The highest BCUT2D eigenvalue weighted by Crippen LogP contribution is 2.44. The van der Waals surface area contributed by atoms with Crippen LogP contribution in [0.1, 0.15) is 41.2 Å². The summed E-state index contributed by atoms with van der Waals surface area (Å²) < 4.78 is 17.9. The third-order valence-electron chi connectivity index (χ3n) is 5.12. The summed E-state index contributed by atoms with van der Waals surface area (Å²) in [4.78, 5) is 0. The first-order chi connectivity index (χ1) is 11.4. The molecule has 1 unspecified atom stereocenters. The number of rotatable bonds is 4. The van der Waals surface area contributed by atoms with Gasteiger partial charge >= 0.3 is 0 Å². The van der Waals surface area contributed by atoms with Crippen LogP contribution < -0.4 is 9.47 Å². The van der Waals surface area contributed by atoms with Crippen LogP contribution in [-0.2, 0) is 17.8 Å². The zero-order chi connectivity index (χ0) is 17.3. The molecule has 0 N–H and O–H groups in total. The van der Waals surface area contributed by atoms with Crippen LogP contribution in [0.3, 0.4) is 0 Å². The van der Waals surface area contributed by atoms with Crippen LogP contribution in [0.5, 0.6) is 11.5 Å². The van der Waals surface area contributed by atoms with Gasteiger partial charge in [0, 0.05) is 26.0 Å². The summed E-state index contributed by atoms with van der Waals surface area (Å²) in [6, 6.07) is 10.3. The fourth-order valence-corrected chi connectivity index (χ4v) is 3.30. The molecule has 1 atom stereocenters. The smallest absolute Gasteiger partial charge is 0.207 e. The number of ether oxygens (including phenoxy) is 3. The Bertz CT molecular complexity index is 737. The predicted octanol–water partition coefficient (Wildman–Crippen LogP) is 4.88. The van der Waals surface area contributed by atoms with E-state index in [0.29, 0.717) is 6.61 Å². The molecule has 0 spiro atoms. The first-order valence-corrected chi connectivity index (χ1v) is 8.48. The van der Waals surface area contributed by atoms with Gasteiger partial charge in [0.05, 0.1) is 0 Å². The van der Waals surface area contributed by atoms with E-state index in [-0.39, 0.29) is 0 Å². The molecule has 2 aromatic rings. The average molecular weight is 326 g/mol. The third-order valence-corrected chi connectivity index (χ3v) is 5.12. The molecule has 0 radical (unpaired) electrons. The second-order valence-corrected chi connectivity index (χ2v) is 6.73. The standard InChI is InChI=1S/C21H26O3/c1-14-15(2)20-18(11-12-21(4,22-5)24-20)16(3)19(14)23-13-17-9-7-6-8-10-17/h6-10H,11-13H2,1-5H3. The van der Waals surface area contributed by atoms with Gasteiger partial charge in [0.15, 0.2) is 0 Å². The Morgan fingerprint density at radius 1 is 1.04 bits per heavy atom. The molecule has 3 rings (SSSR count). The van der Waals surface area contributed by atoms with Gasteiger partial charge in [-0.25, -0.2) is 0 Å². The van der Waals surface area contributed by atoms with Gasteiger partial charge in [-0.15, -0.1) is 0 Å². The quantitative estimate of drug-likeness (QED) is 0.801. The van der Waals surface area contributed by atoms with Crippen LogP contribution >= 0.6 is 0 Å². The monoisotopic (exact) mass is 326 g/mol. The lowest BCUT2D eigenvalue weighted by atomic mass is 9.91. The lowest BCUT2D eigenvalue weighted by molar-refractivity contribution is -0.160. The largest absolute Gasteiger partial charge is 0.488 e. The van der Waals surface area contributed by atoms with E-state index in [9.17, 15) is 0 Å². The molecular weight excluding hydrogens is 300 g/mol. The number of hydrogen-bond donors (Lipinski definition) is 0. The van der Waals surface area contributed by atoms with E-state index in [1.165, 1.54) is 16.7 Å². The maximum atomic E-state index is 6.20. The zero-order valence-electron chi connectivity index (χ0n) is 15.2. The van der Waals surface area contributed by atoms with Crippen molar-refractivity contribution in [2.24, 2.45) is 0 Å². The van der Waals surface area contributed by atoms with Crippen molar-refractivity contribution in [3.05, 3.63) is 58.1 Å². The summed E-state index contributed by atoms with van der Waals surface area (Å²) in [5, 5.41) is 0. The molecule has 1 aliphatic rings. The first-order valence-electron chi connectivity index (χ1n) is 8.48. The molecule has 0 fully saturated rings. The number of fused-ring (bicyclic) bond motifs is 1. The molecule has 1 aliphatic heterocycles. The Labute approximate surface area is 144 Å². The van der Waals surface area contributed by atoms with E-state index in [4.69, 9.17) is 14.2 Å². The van der Waals surface area contributed by atoms with Gasteiger partial charge in [-0.2, -0.15) is 0 Å². The highest BCUT2D eigenvalue weighted by Gasteiger charge is 2.34. The molecule has 1 heterocycles. The maximum Gasteiger partial charge on any atom is 0.207 e. The van der Waals surface area contributed by atoms with Crippen LogP contribution in [0.2, 0.25) is 0 Å². The van der Waals surface area contributed by atoms with E-state index >= 15 is 0 Å². The zero-order valence-corrected chi connectivity index (χ0v) is 15.2. The van der Waals surface area contributed by atoms with E-state index in [1.807, 2.05) is 25.1 Å². The Balaban J connectivity index is 1.94. The van der Waals surface area contributed by atoms with Gasteiger partial charge in [0.25, 0.3) is 0 Å². The lowest BCUT2D eigenvalue weighted by Gasteiger charge is -2.36. The molecule has 0 bridgehead atoms. The highest BCUT2D eigenvalue weighted by molar-refractivity contribution is 5.58. The van der Waals surface area contributed by atoms with Crippen molar-refractivity contribution < 1.29 is 14.2 Å². The van der Waals surface area contributed by atoms with Gasteiger partial charge in [-0.1, -0.05) is 30.3 Å². The Morgan fingerprint density at radius 2 is 1.75 bits per heavy atom. The maximum absolute atomic E-state index is 6.20. The minimum absolute atomic E-state index is 0.539. The second-order valence-electron chi connectivity index (χ2n) is 6.73. The fraction of sp³-hybridized carbons (Fsp3) is 0.429. The summed E-state index contributed by atoms with van der Waals surface area (Å²) in [5.74, 6) is 1.41. The average Bonchev–Trinajstić information content (AvgIpc) is 2.60. The van der Waals surface area contributed by atoms with E-state index in [0.717, 1.165) is 35.5 Å². The van der Waals surface area contributed by atoms with Crippen LogP contribution in [0, 0.1) is 20.8 Å². The Morgan fingerprint density at radius 3 is 2.42 bits per heavy atom. The summed E-state index contributed by atoms with van der Waals surface area (Å²) >= 11 is 0. The number of hydrogen-bond acceptors (Lipinski definition) is 3. The second kappa shape index (κ2) is 6.48. The van der Waals surface area contributed by atoms with E-state index in [2.05, 4.69) is 32.9 Å². The number of methoxy groups -OCH3 is 1. The lowest BCUT2D eigenvalue weighted by Crippen LogP contribution is -2.38. The van der Waals surface area contributed by atoms with Gasteiger partial charge in [-0.3, -0.25) is 0 Å². The molecule has 0 aromatic heterocycles.